The van der Waals surface area contributed by atoms with Crippen molar-refractivity contribution in [3.63, 3.8) is 0 Å². The number of ether oxygens (including phenoxy) is 1. The molecule has 2 aromatic heterocycles. The number of nitrogens with one attached hydrogen (secondary N) is 1. The molecule has 0 amide bonds. The predicted octanol–water partition coefficient (Wildman–Crippen LogP) is 0.792. The van der Waals surface area contributed by atoms with E-state index in [1.165, 1.54) is 4.68 Å². The predicted molar refractivity (Wildman–Crippen MR) is 85.8 cm³/mol. The molecule has 3 aromatic rings. The maximum atomic E-state index is 12.1. The van der Waals surface area contributed by atoms with Gasteiger partial charge in [-0.05, 0) is 32.5 Å². The Morgan fingerprint density at radius 1 is 1.39 bits per heavy atom. The number of benzene rings is 1. The van der Waals surface area contributed by atoms with E-state index in [1.807, 2.05) is 38.1 Å². The Morgan fingerprint density at radius 3 is 2.96 bits per heavy atom. The average Bonchev–Trinajstić information content (AvgIpc) is 2.91. The van der Waals surface area contributed by atoms with Gasteiger partial charge in [-0.3, -0.25) is 4.79 Å². The Hall–Kier alpha value is -2.74. The molecular weight excluding hydrogens is 296 g/mol. The molecule has 23 heavy (non-hydrogen) atoms. The van der Waals surface area contributed by atoms with Crippen molar-refractivity contribution >= 4 is 11.2 Å². The van der Waals surface area contributed by atoms with E-state index < -0.39 is 0 Å². The van der Waals surface area contributed by atoms with Gasteiger partial charge in [-0.2, -0.15) is 4.68 Å². The Bertz CT molecular complexity index is 883. The van der Waals surface area contributed by atoms with Gasteiger partial charge in [-0.1, -0.05) is 11.3 Å². The summed E-state index contributed by atoms with van der Waals surface area (Å²) in [5.74, 6) is 1.23. The normalized spacial score (nSPS) is 11.3. The van der Waals surface area contributed by atoms with Crippen LogP contribution in [0, 0.1) is 0 Å². The molecule has 0 fully saturated rings. The van der Waals surface area contributed by atoms with Crippen LogP contribution in [-0.2, 0) is 6.42 Å². The molecule has 0 aliphatic carbocycles. The fraction of sp³-hybridized carbons (Fsp3) is 0.333. The van der Waals surface area contributed by atoms with Crippen LogP contribution in [0.3, 0.4) is 0 Å². The van der Waals surface area contributed by atoms with Crippen molar-refractivity contribution in [2.24, 2.45) is 5.73 Å². The Kier molecular flexibility index (Phi) is 4.07. The average molecular weight is 314 g/mol. The molecule has 0 atom stereocenters. The molecule has 0 saturated carbocycles. The first-order valence-corrected chi connectivity index (χ1v) is 7.40. The van der Waals surface area contributed by atoms with Crippen molar-refractivity contribution in [2.75, 3.05) is 6.54 Å². The van der Waals surface area contributed by atoms with Crippen LogP contribution in [0.4, 0.5) is 0 Å². The zero-order chi connectivity index (χ0) is 16.4. The highest BCUT2D eigenvalue weighted by Gasteiger charge is 2.13. The summed E-state index contributed by atoms with van der Waals surface area (Å²) in [6.45, 7) is 4.31. The number of hydrogen-bond donors (Lipinski definition) is 2. The van der Waals surface area contributed by atoms with Crippen LogP contribution >= 0.6 is 0 Å². The molecule has 120 valence electrons. The summed E-state index contributed by atoms with van der Waals surface area (Å²) in [5.41, 5.74) is 6.53. The minimum atomic E-state index is -0.320. The van der Waals surface area contributed by atoms with Crippen molar-refractivity contribution in [3.8, 4) is 11.4 Å². The molecule has 0 bridgehead atoms. The van der Waals surface area contributed by atoms with Crippen molar-refractivity contribution in [2.45, 2.75) is 26.4 Å². The molecule has 0 aliphatic rings. The van der Waals surface area contributed by atoms with Gasteiger partial charge in [0.15, 0.2) is 11.2 Å². The summed E-state index contributed by atoms with van der Waals surface area (Å²) in [4.78, 5) is 19.1. The maximum Gasteiger partial charge on any atom is 0.281 e. The number of fused-ring (bicyclic) bond motifs is 1. The molecule has 0 spiro atoms. The lowest BCUT2D eigenvalue weighted by molar-refractivity contribution is 0.242. The van der Waals surface area contributed by atoms with Gasteiger partial charge in [0.2, 0.25) is 0 Å². The Morgan fingerprint density at radius 2 is 2.22 bits per heavy atom. The number of H-pyrrole nitrogens is 1. The fourth-order valence-corrected chi connectivity index (χ4v) is 2.26. The second kappa shape index (κ2) is 6.17. The third-order valence-corrected chi connectivity index (χ3v) is 3.18. The summed E-state index contributed by atoms with van der Waals surface area (Å²) in [6.07, 6.45) is 0.544. The van der Waals surface area contributed by atoms with Gasteiger partial charge in [0.25, 0.3) is 5.56 Å². The molecule has 3 N–H and O–H groups in total. The monoisotopic (exact) mass is 314 g/mol. The van der Waals surface area contributed by atoms with E-state index >= 15 is 0 Å². The van der Waals surface area contributed by atoms with Crippen LogP contribution < -0.4 is 16.0 Å². The van der Waals surface area contributed by atoms with Crippen LogP contribution in [0.15, 0.2) is 29.1 Å². The van der Waals surface area contributed by atoms with Gasteiger partial charge < -0.3 is 15.5 Å². The molecule has 0 saturated heterocycles. The lowest BCUT2D eigenvalue weighted by Crippen LogP contribution is -2.15. The minimum Gasteiger partial charge on any atom is -0.491 e. The van der Waals surface area contributed by atoms with Crippen molar-refractivity contribution in [1.82, 2.24) is 25.0 Å². The molecule has 8 nitrogen and oxygen atoms in total. The molecule has 0 aliphatic heterocycles. The van der Waals surface area contributed by atoms with Crippen LogP contribution in [0.5, 0.6) is 5.75 Å². The largest absolute Gasteiger partial charge is 0.491 e. The second-order valence-corrected chi connectivity index (χ2v) is 5.39. The van der Waals surface area contributed by atoms with E-state index in [9.17, 15) is 4.79 Å². The summed E-state index contributed by atoms with van der Waals surface area (Å²) >= 11 is 0. The van der Waals surface area contributed by atoms with Gasteiger partial charge in [0.1, 0.15) is 11.6 Å². The number of nitrogens with two attached hydrogens (primary N) is 1. The fourth-order valence-electron chi connectivity index (χ4n) is 2.26. The molecule has 8 heteroatoms. The van der Waals surface area contributed by atoms with E-state index in [0.29, 0.717) is 30.2 Å². The van der Waals surface area contributed by atoms with Crippen molar-refractivity contribution in [1.29, 1.82) is 0 Å². The van der Waals surface area contributed by atoms with E-state index in [4.69, 9.17) is 10.5 Å². The third-order valence-electron chi connectivity index (χ3n) is 3.18. The topological polar surface area (TPSA) is 112 Å². The molecule has 3 rings (SSSR count). The molecule has 0 radical (unpaired) electrons. The summed E-state index contributed by atoms with van der Waals surface area (Å²) in [6, 6.07) is 7.41. The standard InChI is InChI=1S/C15H18N6O2/c1-9(2)23-11-5-3-4-10(8-11)21-14-13(19-20-21)15(22)18-12(17-14)6-7-16/h3-5,8-9H,6-7,16H2,1-2H3,(H,17,18,22). The number of aromatic nitrogens is 5. The Labute approximate surface area is 132 Å². The van der Waals surface area contributed by atoms with Crippen molar-refractivity contribution < 1.29 is 4.74 Å². The van der Waals surface area contributed by atoms with Crippen LogP contribution in [-0.4, -0.2) is 37.6 Å². The van der Waals surface area contributed by atoms with Gasteiger partial charge in [0, 0.05) is 12.5 Å². The van der Waals surface area contributed by atoms with E-state index in [2.05, 4.69) is 20.3 Å². The summed E-state index contributed by atoms with van der Waals surface area (Å²) in [7, 11) is 0. The van der Waals surface area contributed by atoms with E-state index in [-0.39, 0.29) is 17.2 Å². The SMILES string of the molecule is CC(C)Oc1cccc(-n2nnc3c(=O)[nH]c(CCN)nc32)c1. The lowest BCUT2D eigenvalue weighted by Gasteiger charge is -2.10. The highest BCUT2D eigenvalue weighted by molar-refractivity contribution is 5.70. The minimum absolute atomic E-state index is 0.0647. The van der Waals surface area contributed by atoms with Gasteiger partial charge >= 0.3 is 0 Å². The summed E-state index contributed by atoms with van der Waals surface area (Å²) < 4.78 is 7.21. The highest BCUT2D eigenvalue weighted by atomic mass is 16.5. The quantitative estimate of drug-likeness (QED) is 0.720. The smallest absolute Gasteiger partial charge is 0.281 e. The number of aromatic amines is 1. The number of hydrogen-bond acceptors (Lipinski definition) is 6. The molecule has 1 aromatic carbocycles. The molecule has 0 unspecified atom stereocenters. The van der Waals surface area contributed by atoms with Crippen LogP contribution in [0.25, 0.3) is 16.9 Å². The lowest BCUT2D eigenvalue weighted by atomic mass is 10.3. The van der Waals surface area contributed by atoms with Gasteiger partial charge in [0.05, 0.1) is 11.8 Å². The van der Waals surface area contributed by atoms with Gasteiger partial charge in [-0.15, -0.1) is 5.10 Å². The number of rotatable bonds is 5. The molecular formula is C15H18N6O2. The Balaban J connectivity index is 2.11. The third kappa shape index (κ3) is 3.07. The zero-order valence-electron chi connectivity index (χ0n) is 13.0. The first-order valence-electron chi connectivity index (χ1n) is 7.40. The number of nitrogens with zero attached hydrogens (tertiary/aromatic N) is 4. The van der Waals surface area contributed by atoms with Crippen LogP contribution in [0.2, 0.25) is 0 Å². The first kappa shape index (κ1) is 15.2. The second-order valence-electron chi connectivity index (χ2n) is 5.39. The first-order chi connectivity index (χ1) is 11.1. The van der Waals surface area contributed by atoms with Gasteiger partial charge in [-0.25, -0.2) is 4.98 Å². The van der Waals surface area contributed by atoms with Crippen molar-refractivity contribution in [3.05, 3.63) is 40.4 Å². The maximum absolute atomic E-state index is 12.1. The summed E-state index contributed by atoms with van der Waals surface area (Å²) in [5, 5.41) is 7.97. The highest BCUT2D eigenvalue weighted by Crippen LogP contribution is 2.19. The molecule has 2 heterocycles. The zero-order valence-corrected chi connectivity index (χ0v) is 13.0. The van der Waals surface area contributed by atoms with E-state index in [0.717, 1.165) is 5.69 Å². The van der Waals surface area contributed by atoms with E-state index in [1.54, 1.807) is 0 Å². The van der Waals surface area contributed by atoms with Crippen LogP contribution in [0.1, 0.15) is 19.7 Å².